The summed E-state index contributed by atoms with van der Waals surface area (Å²) in [7, 11) is 0. The van der Waals surface area contributed by atoms with Gasteiger partial charge in [0.15, 0.2) is 5.69 Å². The van der Waals surface area contributed by atoms with Crippen molar-refractivity contribution in [2.45, 2.75) is 6.18 Å². The second-order valence-electron chi connectivity index (χ2n) is 5.84. The lowest BCUT2D eigenvalue weighted by Crippen LogP contribution is -2.19. The first-order chi connectivity index (χ1) is 14.5. The quantitative estimate of drug-likeness (QED) is 0.463. The number of hydrogen-bond donors (Lipinski definition) is 4. The van der Waals surface area contributed by atoms with Crippen LogP contribution in [0.25, 0.3) is 0 Å². The van der Waals surface area contributed by atoms with Crippen molar-refractivity contribution in [2.24, 2.45) is 5.73 Å². The molecule has 1 aromatic heterocycles. The number of nitrogens with one attached hydrogen (secondary N) is 2. The van der Waals surface area contributed by atoms with Gasteiger partial charge in [0.2, 0.25) is 5.91 Å². The number of anilines is 1. The van der Waals surface area contributed by atoms with E-state index in [0.29, 0.717) is 17.7 Å². The number of hydrogen-bond acceptors (Lipinski definition) is 4. The van der Waals surface area contributed by atoms with Crippen LogP contribution in [-0.4, -0.2) is 33.1 Å². The third-order valence-electron chi connectivity index (χ3n) is 3.64. The molecule has 0 saturated heterocycles. The molecule has 2 amide bonds. The molecule has 0 bridgehead atoms. The molecular formula is C19H14F4N4O4. The largest absolute Gasteiger partial charge is 0.476 e. The molecule has 0 aliphatic carbocycles. The van der Waals surface area contributed by atoms with Gasteiger partial charge < -0.3 is 16.2 Å². The third-order valence-corrected chi connectivity index (χ3v) is 3.64. The van der Waals surface area contributed by atoms with Crippen LogP contribution in [0.15, 0.2) is 54.6 Å². The zero-order valence-electron chi connectivity index (χ0n) is 15.4. The predicted molar refractivity (Wildman–Crippen MR) is 99.9 cm³/mol. The standard InChI is InChI=1S/C12H7F4N3O3.C7H7NO/c13-5-1-2-6(7(3-5)12(14,15)16)10(20)17-9-4-8(11(21)22)18-19-9;8-7(9)6-4-2-1-3-5-6/h1-4H,(H,21,22)(H2,17,18,19,20);1-5H,(H2,8,9). The van der Waals surface area contributed by atoms with Gasteiger partial charge in [-0.05, 0) is 30.3 Å². The number of aromatic carboxylic acids is 1. The number of carbonyl (C=O) groups excluding carboxylic acids is 2. The second kappa shape index (κ2) is 9.52. The summed E-state index contributed by atoms with van der Waals surface area (Å²) < 4.78 is 51.3. The summed E-state index contributed by atoms with van der Waals surface area (Å²) in [6.45, 7) is 0. The number of alkyl halides is 3. The third kappa shape index (κ3) is 6.39. The van der Waals surface area contributed by atoms with E-state index in [1.54, 1.807) is 24.3 Å². The van der Waals surface area contributed by atoms with E-state index in [0.717, 1.165) is 6.07 Å². The van der Waals surface area contributed by atoms with Crippen molar-refractivity contribution in [2.75, 3.05) is 5.32 Å². The van der Waals surface area contributed by atoms with Crippen LogP contribution in [-0.2, 0) is 6.18 Å². The summed E-state index contributed by atoms with van der Waals surface area (Å²) in [6.07, 6.45) is -4.92. The number of amides is 2. The molecule has 1 heterocycles. The number of carbonyl (C=O) groups is 3. The number of carboxylic acid groups (broad SMARTS) is 1. The highest BCUT2D eigenvalue weighted by Crippen LogP contribution is 2.32. The maximum absolute atomic E-state index is 12.9. The molecule has 0 saturated carbocycles. The number of rotatable bonds is 4. The van der Waals surface area contributed by atoms with Crippen LogP contribution in [0, 0.1) is 5.82 Å². The van der Waals surface area contributed by atoms with Crippen LogP contribution in [0.4, 0.5) is 23.4 Å². The predicted octanol–water partition coefficient (Wildman–Crippen LogP) is 3.30. The SMILES string of the molecule is NC(=O)c1ccccc1.O=C(O)c1cc(NC(=O)c2ccc(F)cc2C(F)(F)F)[nH]n1. The maximum atomic E-state index is 12.9. The first-order valence-electron chi connectivity index (χ1n) is 8.30. The lowest BCUT2D eigenvalue weighted by atomic mass is 10.1. The average molecular weight is 438 g/mol. The summed E-state index contributed by atoms with van der Waals surface area (Å²) in [5.74, 6) is -4.29. The normalized spacial score (nSPS) is 10.6. The minimum atomic E-state index is -4.92. The Labute approximate surface area is 171 Å². The molecule has 5 N–H and O–H groups in total. The van der Waals surface area contributed by atoms with Gasteiger partial charge in [0.05, 0.1) is 11.1 Å². The Hall–Kier alpha value is -4.22. The van der Waals surface area contributed by atoms with Crippen LogP contribution in [0.1, 0.15) is 36.8 Å². The second-order valence-corrected chi connectivity index (χ2v) is 5.84. The minimum Gasteiger partial charge on any atom is -0.476 e. The summed E-state index contributed by atoms with van der Waals surface area (Å²) in [4.78, 5) is 32.9. The molecule has 3 aromatic rings. The number of aromatic nitrogens is 2. The molecule has 162 valence electrons. The number of nitrogens with zero attached hydrogens (tertiary/aromatic N) is 1. The number of nitrogens with two attached hydrogens (primary N) is 1. The van der Waals surface area contributed by atoms with Gasteiger partial charge in [0.25, 0.3) is 5.91 Å². The smallest absolute Gasteiger partial charge is 0.417 e. The molecular weight excluding hydrogens is 424 g/mol. The first-order valence-corrected chi connectivity index (χ1v) is 8.30. The van der Waals surface area contributed by atoms with Crippen molar-refractivity contribution in [3.05, 3.63) is 82.8 Å². The van der Waals surface area contributed by atoms with Gasteiger partial charge >= 0.3 is 12.1 Å². The molecule has 0 spiro atoms. The minimum absolute atomic E-state index is 0.199. The lowest BCUT2D eigenvalue weighted by molar-refractivity contribution is -0.138. The van der Waals surface area contributed by atoms with Gasteiger partial charge in [0, 0.05) is 11.6 Å². The molecule has 8 nitrogen and oxygen atoms in total. The van der Waals surface area contributed by atoms with Gasteiger partial charge in [-0.15, -0.1) is 0 Å². The monoisotopic (exact) mass is 438 g/mol. The first kappa shape index (κ1) is 23.1. The van der Waals surface area contributed by atoms with E-state index in [-0.39, 0.29) is 17.8 Å². The Kier molecular flexibility index (Phi) is 7.08. The van der Waals surface area contributed by atoms with Crippen LogP contribution in [0.3, 0.4) is 0 Å². The molecule has 0 atom stereocenters. The van der Waals surface area contributed by atoms with E-state index in [1.807, 2.05) is 11.4 Å². The Balaban J connectivity index is 0.000000316. The molecule has 0 fully saturated rings. The topological polar surface area (TPSA) is 138 Å². The highest BCUT2D eigenvalue weighted by Gasteiger charge is 2.35. The van der Waals surface area contributed by atoms with Crippen LogP contribution in [0.5, 0.6) is 0 Å². The van der Waals surface area contributed by atoms with Gasteiger partial charge in [-0.1, -0.05) is 18.2 Å². The molecule has 31 heavy (non-hydrogen) atoms. The zero-order chi connectivity index (χ0) is 23.2. The van der Waals surface area contributed by atoms with Gasteiger partial charge in [0.1, 0.15) is 11.6 Å². The number of carboxylic acids is 1. The van der Waals surface area contributed by atoms with Crippen LogP contribution < -0.4 is 11.1 Å². The highest BCUT2D eigenvalue weighted by atomic mass is 19.4. The fourth-order valence-electron chi connectivity index (χ4n) is 2.24. The van der Waals surface area contributed by atoms with E-state index in [2.05, 4.69) is 10.2 Å². The molecule has 0 radical (unpaired) electrons. The van der Waals surface area contributed by atoms with Crippen LogP contribution in [0.2, 0.25) is 0 Å². The van der Waals surface area contributed by atoms with Gasteiger partial charge in [-0.2, -0.15) is 18.3 Å². The molecule has 0 unspecified atom stereocenters. The van der Waals surface area contributed by atoms with E-state index in [1.165, 1.54) is 0 Å². The fraction of sp³-hybridized carbons (Fsp3) is 0.0526. The summed E-state index contributed by atoms with van der Waals surface area (Å²) in [5.41, 5.74) is 2.86. The molecule has 12 heteroatoms. The number of aromatic amines is 1. The van der Waals surface area contributed by atoms with Crippen molar-refractivity contribution in [3.8, 4) is 0 Å². The van der Waals surface area contributed by atoms with Crippen molar-refractivity contribution in [1.82, 2.24) is 10.2 Å². The molecule has 3 rings (SSSR count). The molecule has 2 aromatic carbocycles. The Morgan fingerprint density at radius 3 is 2.16 bits per heavy atom. The average Bonchev–Trinajstić information content (AvgIpc) is 3.17. The number of primary amides is 1. The van der Waals surface area contributed by atoms with Crippen molar-refractivity contribution < 1.29 is 37.1 Å². The number of H-pyrrole nitrogens is 1. The number of halogens is 4. The molecule has 0 aliphatic heterocycles. The Morgan fingerprint density at radius 2 is 1.68 bits per heavy atom. The van der Waals surface area contributed by atoms with E-state index in [9.17, 15) is 31.9 Å². The highest BCUT2D eigenvalue weighted by molar-refractivity contribution is 6.05. The van der Waals surface area contributed by atoms with Crippen molar-refractivity contribution in [1.29, 1.82) is 0 Å². The van der Waals surface area contributed by atoms with Gasteiger partial charge in [-0.3, -0.25) is 14.7 Å². The van der Waals surface area contributed by atoms with E-state index in [4.69, 9.17) is 10.8 Å². The number of benzene rings is 2. The van der Waals surface area contributed by atoms with E-state index < -0.39 is 40.7 Å². The maximum Gasteiger partial charge on any atom is 0.417 e. The fourth-order valence-corrected chi connectivity index (χ4v) is 2.24. The summed E-state index contributed by atoms with van der Waals surface area (Å²) in [6, 6.07) is 11.3. The molecule has 0 aliphatic rings. The van der Waals surface area contributed by atoms with Crippen molar-refractivity contribution >= 4 is 23.6 Å². The Morgan fingerprint density at radius 1 is 1.03 bits per heavy atom. The lowest BCUT2D eigenvalue weighted by Gasteiger charge is -2.12. The van der Waals surface area contributed by atoms with Crippen molar-refractivity contribution in [3.63, 3.8) is 0 Å². The summed E-state index contributed by atoms with van der Waals surface area (Å²) >= 11 is 0. The summed E-state index contributed by atoms with van der Waals surface area (Å²) in [5, 5.41) is 16.1. The van der Waals surface area contributed by atoms with E-state index >= 15 is 0 Å². The van der Waals surface area contributed by atoms with Crippen LogP contribution >= 0.6 is 0 Å². The zero-order valence-corrected chi connectivity index (χ0v) is 15.4. The Bertz CT molecular complexity index is 1100. The van der Waals surface area contributed by atoms with Gasteiger partial charge in [-0.25, -0.2) is 9.18 Å².